The van der Waals surface area contributed by atoms with E-state index in [0.717, 1.165) is 50.1 Å². The molecule has 9 aromatic carbocycles. The molecule has 0 aliphatic carbocycles. The van der Waals surface area contributed by atoms with Gasteiger partial charge in [0.1, 0.15) is 11.2 Å². The van der Waals surface area contributed by atoms with Gasteiger partial charge in [-0.2, -0.15) is 0 Å². The largest absolute Gasteiger partial charge is 0.455 e. The maximum absolute atomic E-state index is 6.39. The Kier molecular flexibility index (Phi) is 6.53. The summed E-state index contributed by atoms with van der Waals surface area (Å²) in [7, 11) is 0. The Morgan fingerprint density at radius 2 is 0.880 bits per heavy atom. The number of para-hydroxylation sites is 2. The highest BCUT2D eigenvalue weighted by molar-refractivity contribution is 6.17. The van der Waals surface area contributed by atoms with Crippen LogP contribution in [0.15, 0.2) is 192 Å². The Morgan fingerprint density at radius 1 is 0.320 bits per heavy atom. The molecule has 10 aromatic rings. The number of furan rings is 1. The molecular formula is C48H31NO. The number of anilines is 3. The molecule has 50 heavy (non-hydrogen) atoms. The second-order valence-electron chi connectivity index (χ2n) is 12.9. The number of benzene rings is 9. The lowest BCUT2D eigenvalue weighted by Gasteiger charge is -2.26. The van der Waals surface area contributed by atoms with Gasteiger partial charge in [-0.1, -0.05) is 146 Å². The molecule has 1 aromatic heterocycles. The van der Waals surface area contributed by atoms with Crippen molar-refractivity contribution in [2.24, 2.45) is 0 Å². The maximum Gasteiger partial charge on any atom is 0.143 e. The monoisotopic (exact) mass is 637 g/mol. The maximum atomic E-state index is 6.39. The molecule has 0 saturated carbocycles. The van der Waals surface area contributed by atoms with Crippen LogP contribution in [0, 0.1) is 0 Å². The molecule has 0 saturated heterocycles. The van der Waals surface area contributed by atoms with Gasteiger partial charge < -0.3 is 9.32 Å². The molecule has 234 valence electrons. The lowest BCUT2D eigenvalue weighted by molar-refractivity contribution is 0.670. The summed E-state index contributed by atoms with van der Waals surface area (Å²) < 4.78 is 6.39. The predicted octanol–water partition coefficient (Wildman–Crippen LogP) is 13.8. The van der Waals surface area contributed by atoms with Crippen molar-refractivity contribution in [3.63, 3.8) is 0 Å². The van der Waals surface area contributed by atoms with Gasteiger partial charge in [-0.05, 0) is 91.5 Å². The molecule has 0 spiro atoms. The number of hydrogen-bond acceptors (Lipinski definition) is 2. The smallest absolute Gasteiger partial charge is 0.143 e. The Balaban J connectivity index is 1.10. The van der Waals surface area contributed by atoms with Crippen LogP contribution in [-0.2, 0) is 0 Å². The fourth-order valence-corrected chi connectivity index (χ4v) is 7.60. The molecule has 2 heteroatoms. The van der Waals surface area contributed by atoms with E-state index < -0.39 is 0 Å². The van der Waals surface area contributed by atoms with E-state index in [1.54, 1.807) is 0 Å². The molecule has 0 bridgehead atoms. The first-order chi connectivity index (χ1) is 24.8. The highest BCUT2D eigenvalue weighted by atomic mass is 16.3. The van der Waals surface area contributed by atoms with Crippen molar-refractivity contribution < 1.29 is 4.42 Å². The van der Waals surface area contributed by atoms with Gasteiger partial charge in [-0.3, -0.25) is 0 Å². The van der Waals surface area contributed by atoms with Gasteiger partial charge in [0, 0.05) is 33.4 Å². The highest BCUT2D eigenvalue weighted by Gasteiger charge is 2.17. The van der Waals surface area contributed by atoms with E-state index >= 15 is 0 Å². The van der Waals surface area contributed by atoms with Crippen LogP contribution in [0.2, 0.25) is 0 Å². The van der Waals surface area contributed by atoms with Crippen LogP contribution in [0.1, 0.15) is 0 Å². The molecule has 0 aliphatic heterocycles. The molecule has 0 fully saturated rings. The third-order valence-electron chi connectivity index (χ3n) is 10.1. The molecular weight excluding hydrogens is 607 g/mol. The van der Waals surface area contributed by atoms with Crippen LogP contribution in [0.5, 0.6) is 0 Å². The van der Waals surface area contributed by atoms with Gasteiger partial charge in [0.2, 0.25) is 0 Å². The number of rotatable bonds is 5. The standard InChI is InChI=1S/C48H31NO/c1-2-9-32(10-3-1)33-17-23-37(24-18-33)49(39-27-30-41-36(31-39)22-29-43-40-12-5-4-11-34(40)21-28-44(41)43)38-25-19-35(20-26-38)42-14-8-15-46-45-13-6-7-16-47(45)50-48(42)46/h1-31H. The second-order valence-corrected chi connectivity index (χ2v) is 12.9. The fourth-order valence-electron chi connectivity index (χ4n) is 7.60. The lowest BCUT2D eigenvalue weighted by atomic mass is 9.96. The quantitative estimate of drug-likeness (QED) is 0.175. The van der Waals surface area contributed by atoms with Gasteiger partial charge in [0.15, 0.2) is 0 Å². The molecule has 0 radical (unpaired) electrons. The van der Waals surface area contributed by atoms with Crippen molar-refractivity contribution in [3.05, 3.63) is 188 Å². The van der Waals surface area contributed by atoms with Crippen LogP contribution >= 0.6 is 0 Å². The van der Waals surface area contributed by atoms with Crippen LogP contribution in [0.3, 0.4) is 0 Å². The van der Waals surface area contributed by atoms with Crippen molar-refractivity contribution in [2.75, 3.05) is 4.90 Å². The van der Waals surface area contributed by atoms with Gasteiger partial charge in [-0.25, -0.2) is 0 Å². The third-order valence-corrected chi connectivity index (χ3v) is 10.1. The first kappa shape index (κ1) is 28.4. The van der Waals surface area contributed by atoms with E-state index in [2.05, 4.69) is 181 Å². The molecule has 0 unspecified atom stereocenters. The number of fused-ring (bicyclic) bond motifs is 8. The van der Waals surface area contributed by atoms with Gasteiger partial charge in [0.05, 0.1) is 0 Å². The Bertz CT molecular complexity index is 2850. The molecule has 2 nitrogen and oxygen atoms in total. The van der Waals surface area contributed by atoms with E-state index in [4.69, 9.17) is 4.42 Å². The zero-order chi connectivity index (χ0) is 33.0. The minimum Gasteiger partial charge on any atom is -0.455 e. The summed E-state index contributed by atoms with van der Waals surface area (Å²) in [5.41, 5.74) is 9.74. The highest BCUT2D eigenvalue weighted by Crippen LogP contribution is 2.41. The molecule has 0 atom stereocenters. The molecule has 0 N–H and O–H groups in total. The summed E-state index contributed by atoms with van der Waals surface area (Å²) in [6, 6.07) is 67.5. The van der Waals surface area contributed by atoms with E-state index in [1.807, 2.05) is 12.1 Å². The van der Waals surface area contributed by atoms with Crippen LogP contribution in [0.4, 0.5) is 17.1 Å². The van der Waals surface area contributed by atoms with Crippen LogP contribution < -0.4 is 4.90 Å². The van der Waals surface area contributed by atoms with Crippen molar-refractivity contribution in [2.45, 2.75) is 0 Å². The van der Waals surface area contributed by atoms with E-state index in [-0.39, 0.29) is 0 Å². The van der Waals surface area contributed by atoms with Crippen LogP contribution in [-0.4, -0.2) is 0 Å². The average molecular weight is 638 g/mol. The summed E-state index contributed by atoms with van der Waals surface area (Å²) in [5.74, 6) is 0. The van der Waals surface area contributed by atoms with Gasteiger partial charge in [-0.15, -0.1) is 0 Å². The zero-order valence-corrected chi connectivity index (χ0v) is 27.3. The summed E-state index contributed by atoms with van der Waals surface area (Å²) in [6.07, 6.45) is 0. The minimum atomic E-state index is 0.911. The summed E-state index contributed by atoms with van der Waals surface area (Å²) in [5, 5.41) is 9.86. The van der Waals surface area contributed by atoms with Crippen molar-refractivity contribution >= 4 is 71.3 Å². The van der Waals surface area contributed by atoms with Gasteiger partial charge in [0.25, 0.3) is 0 Å². The first-order valence-corrected chi connectivity index (χ1v) is 17.1. The number of hydrogen-bond donors (Lipinski definition) is 0. The number of nitrogens with zero attached hydrogens (tertiary/aromatic N) is 1. The topological polar surface area (TPSA) is 16.4 Å². The SMILES string of the molecule is c1ccc(-c2ccc(N(c3ccc(-c4cccc5c4oc4ccccc45)cc3)c3ccc4c(ccc5c6ccccc6ccc45)c3)cc2)cc1. The summed E-state index contributed by atoms with van der Waals surface area (Å²) in [6.45, 7) is 0. The second kappa shape index (κ2) is 11.5. The molecule has 1 heterocycles. The van der Waals surface area contributed by atoms with E-state index in [9.17, 15) is 0 Å². The molecule has 0 aliphatic rings. The Morgan fingerprint density at radius 3 is 1.66 bits per heavy atom. The van der Waals surface area contributed by atoms with Crippen molar-refractivity contribution in [1.29, 1.82) is 0 Å². The minimum absolute atomic E-state index is 0.911. The van der Waals surface area contributed by atoms with Crippen LogP contribution in [0.25, 0.3) is 76.5 Å². The van der Waals surface area contributed by atoms with E-state index in [0.29, 0.717) is 0 Å². The third kappa shape index (κ3) is 4.65. The fraction of sp³-hybridized carbons (Fsp3) is 0. The normalized spacial score (nSPS) is 11.6. The lowest BCUT2D eigenvalue weighted by Crippen LogP contribution is -2.09. The molecule has 0 amide bonds. The average Bonchev–Trinajstić information content (AvgIpc) is 3.58. The van der Waals surface area contributed by atoms with Crippen molar-refractivity contribution in [3.8, 4) is 22.3 Å². The Hall–Kier alpha value is -6.64. The summed E-state index contributed by atoms with van der Waals surface area (Å²) >= 11 is 0. The molecule has 10 rings (SSSR count). The summed E-state index contributed by atoms with van der Waals surface area (Å²) in [4.78, 5) is 2.35. The zero-order valence-electron chi connectivity index (χ0n) is 27.3. The van der Waals surface area contributed by atoms with Gasteiger partial charge >= 0.3 is 0 Å². The van der Waals surface area contributed by atoms with E-state index in [1.165, 1.54) is 43.4 Å². The predicted molar refractivity (Wildman–Crippen MR) is 212 cm³/mol. The van der Waals surface area contributed by atoms with Crippen molar-refractivity contribution in [1.82, 2.24) is 0 Å². The Labute approximate surface area is 290 Å². The first-order valence-electron chi connectivity index (χ1n) is 17.1.